The van der Waals surface area contributed by atoms with Gasteiger partial charge in [0.1, 0.15) is 0 Å². The molecule has 0 heterocycles. The minimum absolute atomic E-state index is 0.213. The van der Waals surface area contributed by atoms with Crippen molar-refractivity contribution in [2.45, 2.75) is 13.8 Å². The van der Waals surface area contributed by atoms with Gasteiger partial charge in [-0.1, -0.05) is 13.8 Å². The first kappa shape index (κ1) is 6.34. The maximum Gasteiger partial charge on any atom is 0.270 e. The van der Waals surface area contributed by atoms with Crippen LogP contribution in [0.1, 0.15) is 13.8 Å². The average Bonchev–Trinajstić information content (AvgIpc) is 1.27. The highest BCUT2D eigenvalue weighted by Gasteiger charge is 1.87. The minimum atomic E-state index is -0.588. The van der Waals surface area contributed by atoms with Crippen molar-refractivity contribution in [1.29, 1.82) is 0 Å². The summed E-state index contributed by atoms with van der Waals surface area (Å²) in [6.07, 6.45) is 1.36. The standard InChI is InChI=1S/C5H10O2/c1-4(2)3-5(6)7/h3-4,6-7H,1-2H3/i3-1,4-1. The van der Waals surface area contributed by atoms with E-state index in [4.69, 9.17) is 10.2 Å². The Morgan fingerprint density at radius 1 is 1.43 bits per heavy atom. The van der Waals surface area contributed by atoms with Crippen LogP contribution in [0, 0.1) is 5.92 Å². The lowest BCUT2D eigenvalue weighted by molar-refractivity contribution is 0.187. The first-order valence-electron chi connectivity index (χ1n) is 2.22. The molecule has 0 aromatic rings. The molecule has 0 aromatic carbocycles. The number of allylic oxidation sites excluding steroid dienone is 1. The molecule has 0 amide bonds. The zero-order valence-corrected chi connectivity index (χ0v) is 4.55. The molecule has 0 bridgehead atoms. The third-order valence-corrected chi connectivity index (χ3v) is 0.482. The fourth-order valence-electron chi connectivity index (χ4n) is 0.298. The number of hydrogen-bond donors (Lipinski definition) is 2. The summed E-state index contributed by atoms with van der Waals surface area (Å²) in [6.45, 7) is 3.74. The SMILES string of the molecule is C[11CH](C)[11CH]=C(O)O. The molecule has 0 aliphatic carbocycles. The molecule has 42 valence electrons. The lowest BCUT2D eigenvalue weighted by atomic mass is 9.47. The summed E-state index contributed by atoms with van der Waals surface area (Å²) in [6, 6.07) is 0. The molecule has 0 saturated heterocycles. The second-order valence-corrected chi connectivity index (χ2v) is 1.77. The Balaban J connectivity index is 3.45. The van der Waals surface area contributed by atoms with Gasteiger partial charge in [-0.2, -0.15) is 0 Å². The van der Waals surface area contributed by atoms with Crippen molar-refractivity contribution in [3.8, 4) is 0 Å². The van der Waals surface area contributed by atoms with Gasteiger partial charge in [0.2, 0.25) is 0 Å². The molecule has 0 unspecified atom stereocenters. The van der Waals surface area contributed by atoms with Crippen LogP contribution in [0.2, 0.25) is 0 Å². The van der Waals surface area contributed by atoms with Crippen molar-refractivity contribution in [3.05, 3.63) is 12.0 Å². The summed E-state index contributed by atoms with van der Waals surface area (Å²) in [7, 11) is 0. The molecule has 2 N–H and O–H groups in total. The number of aliphatic hydroxyl groups is 2. The summed E-state index contributed by atoms with van der Waals surface area (Å²) in [5.74, 6) is -0.375. The zero-order chi connectivity index (χ0) is 5.86. The third kappa shape index (κ3) is 5.34. The molecule has 7 heavy (non-hydrogen) atoms. The first-order valence-corrected chi connectivity index (χ1v) is 2.22. The first-order chi connectivity index (χ1) is 3.13. The highest BCUT2D eigenvalue weighted by molar-refractivity contribution is 4.81. The van der Waals surface area contributed by atoms with Crippen LogP contribution in [0.15, 0.2) is 12.0 Å². The van der Waals surface area contributed by atoms with E-state index >= 15 is 0 Å². The quantitative estimate of drug-likeness (QED) is 0.491. The van der Waals surface area contributed by atoms with Gasteiger partial charge in [0, 0.05) is 0 Å². The maximum absolute atomic E-state index is 8.14. The predicted molar refractivity (Wildman–Crippen MR) is 28.2 cm³/mol. The van der Waals surface area contributed by atoms with E-state index in [-0.39, 0.29) is 5.92 Å². The average molecular weight is 100 g/mol. The predicted octanol–water partition coefficient (Wildman–Crippen LogP) is 1.60. The van der Waals surface area contributed by atoms with E-state index in [0.29, 0.717) is 0 Å². The van der Waals surface area contributed by atoms with Crippen molar-refractivity contribution < 1.29 is 10.2 Å². The van der Waals surface area contributed by atoms with E-state index in [1.54, 1.807) is 0 Å². The van der Waals surface area contributed by atoms with E-state index in [2.05, 4.69) is 0 Å². The lowest BCUT2D eigenvalue weighted by Gasteiger charge is -1.90. The molecule has 0 aromatic heterocycles. The van der Waals surface area contributed by atoms with Crippen LogP contribution in [-0.4, -0.2) is 10.2 Å². The molecular formula is C5H10O2. The summed E-state index contributed by atoms with van der Waals surface area (Å²) >= 11 is 0. The van der Waals surface area contributed by atoms with Crippen LogP contribution in [0.4, 0.5) is 0 Å². The number of aliphatic hydroxyl groups excluding tert-OH is 1. The molecule has 0 atom stereocenters. The molecule has 0 fully saturated rings. The number of hydrogen-bond acceptors (Lipinski definition) is 2. The van der Waals surface area contributed by atoms with Crippen molar-refractivity contribution >= 4 is 0 Å². The summed E-state index contributed by atoms with van der Waals surface area (Å²) in [4.78, 5) is 0. The molecule has 2 nitrogen and oxygen atoms in total. The highest BCUT2D eigenvalue weighted by Crippen LogP contribution is 1.94. The van der Waals surface area contributed by atoms with Gasteiger partial charge in [-0.3, -0.25) is 0 Å². The van der Waals surface area contributed by atoms with E-state index < -0.39 is 5.95 Å². The Bertz CT molecular complexity index is 70.1. The Hall–Kier alpha value is -0.660. The van der Waals surface area contributed by atoms with Crippen molar-refractivity contribution in [3.63, 3.8) is 0 Å². The van der Waals surface area contributed by atoms with Gasteiger partial charge >= 0.3 is 0 Å². The van der Waals surface area contributed by atoms with Crippen LogP contribution >= 0.6 is 0 Å². The minimum Gasteiger partial charge on any atom is -0.481 e. The van der Waals surface area contributed by atoms with Crippen LogP contribution in [-0.2, 0) is 0 Å². The topological polar surface area (TPSA) is 40.5 Å². The molecule has 0 saturated carbocycles. The van der Waals surface area contributed by atoms with Crippen LogP contribution in [0.25, 0.3) is 0 Å². The normalized spacial score (nSPS) is 9.00. The summed E-state index contributed by atoms with van der Waals surface area (Å²) < 4.78 is 0. The smallest absolute Gasteiger partial charge is 0.270 e. The largest absolute Gasteiger partial charge is 0.481 e. The molecule has 2 heteroatoms. The van der Waals surface area contributed by atoms with Gasteiger partial charge < -0.3 is 10.2 Å². The Morgan fingerprint density at radius 2 is 1.86 bits per heavy atom. The third-order valence-electron chi connectivity index (χ3n) is 0.482. The second-order valence-electron chi connectivity index (χ2n) is 1.77. The Kier molecular flexibility index (Phi) is 2.27. The number of rotatable bonds is 1. The molecule has 0 spiro atoms. The Labute approximate surface area is 43.1 Å². The second kappa shape index (κ2) is 2.50. The summed E-state index contributed by atoms with van der Waals surface area (Å²) in [5.41, 5.74) is 0. The molecule has 0 rings (SSSR count). The van der Waals surface area contributed by atoms with Crippen molar-refractivity contribution in [1.82, 2.24) is 0 Å². The van der Waals surface area contributed by atoms with Crippen molar-refractivity contribution in [2.24, 2.45) is 5.92 Å². The fourth-order valence-corrected chi connectivity index (χ4v) is 0.298. The molecule has 0 aliphatic heterocycles. The van der Waals surface area contributed by atoms with Crippen LogP contribution in [0.5, 0.6) is 0 Å². The van der Waals surface area contributed by atoms with E-state index in [1.807, 2.05) is 13.8 Å². The van der Waals surface area contributed by atoms with Gasteiger partial charge in [0.05, 0.1) is 0 Å². The zero-order valence-electron chi connectivity index (χ0n) is 4.55. The van der Waals surface area contributed by atoms with Gasteiger partial charge in [0.25, 0.3) is 5.95 Å². The van der Waals surface area contributed by atoms with E-state index in [0.717, 1.165) is 0 Å². The van der Waals surface area contributed by atoms with Crippen LogP contribution < -0.4 is 0 Å². The monoisotopic (exact) mass is 100 g/mol. The van der Waals surface area contributed by atoms with Crippen LogP contribution in [0.3, 0.4) is 0 Å². The fraction of sp³-hybridized carbons (Fsp3) is 0.600. The Morgan fingerprint density at radius 3 is 1.86 bits per heavy atom. The lowest BCUT2D eigenvalue weighted by Crippen LogP contribution is -1.82. The van der Waals surface area contributed by atoms with E-state index in [9.17, 15) is 0 Å². The van der Waals surface area contributed by atoms with Gasteiger partial charge in [0.15, 0.2) is 0 Å². The highest BCUT2D eigenvalue weighted by atomic mass is 16.5. The molecule has 0 radical (unpaired) electrons. The van der Waals surface area contributed by atoms with Gasteiger partial charge in [-0.05, 0) is 12.0 Å². The summed E-state index contributed by atoms with van der Waals surface area (Å²) in [5, 5.41) is 16.3. The van der Waals surface area contributed by atoms with E-state index in [1.165, 1.54) is 6.08 Å². The molecule has 0 aliphatic rings. The maximum atomic E-state index is 8.14. The van der Waals surface area contributed by atoms with Gasteiger partial charge in [-0.25, -0.2) is 0 Å². The van der Waals surface area contributed by atoms with Crippen molar-refractivity contribution in [2.75, 3.05) is 0 Å². The van der Waals surface area contributed by atoms with Gasteiger partial charge in [-0.15, -0.1) is 0 Å². The molecular weight excluding hydrogens is 90.1 g/mol.